The Morgan fingerprint density at radius 2 is 2.05 bits per heavy atom. The van der Waals surface area contributed by atoms with Crippen LogP contribution in [0, 0.1) is 6.92 Å². The molecule has 0 atom stereocenters. The Hall–Kier alpha value is -1.98. The Morgan fingerprint density at radius 1 is 1.33 bits per heavy atom. The number of halogens is 2. The molecule has 110 valence electrons. The normalized spacial score (nSPS) is 10.3. The highest BCUT2D eigenvalue weighted by molar-refractivity contribution is 6.31. The van der Waals surface area contributed by atoms with Gasteiger partial charge >= 0.3 is 0 Å². The first kappa shape index (κ1) is 15.4. The summed E-state index contributed by atoms with van der Waals surface area (Å²) in [6, 6.07) is 4.76. The number of nitrogens with two attached hydrogens (primary N) is 1. The highest BCUT2D eigenvalue weighted by Gasteiger charge is 2.15. The molecule has 0 saturated heterocycles. The van der Waals surface area contributed by atoms with Crippen LogP contribution < -0.4 is 15.8 Å². The van der Waals surface area contributed by atoms with Crippen LogP contribution in [0.3, 0.4) is 0 Å². The number of aromatic nitrogens is 1. The Balaban J connectivity index is 2.35. The number of nitrogens with zero attached hydrogens (tertiary/aromatic N) is 1. The van der Waals surface area contributed by atoms with Crippen LogP contribution in [0.4, 0.5) is 11.4 Å². The number of nitrogens with one attached hydrogen (secondary N) is 1. The van der Waals surface area contributed by atoms with E-state index in [1.807, 2.05) is 6.92 Å². The van der Waals surface area contributed by atoms with Crippen LogP contribution >= 0.6 is 23.2 Å². The molecule has 0 fully saturated rings. The van der Waals surface area contributed by atoms with Crippen molar-refractivity contribution < 1.29 is 9.53 Å². The van der Waals surface area contributed by atoms with E-state index < -0.39 is 5.91 Å². The minimum atomic E-state index is -0.406. The Kier molecular flexibility index (Phi) is 4.55. The van der Waals surface area contributed by atoms with Gasteiger partial charge in [-0.2, -0.15) is 0 Å². The summed E-state index contributed by atoms with van der Waals surface area (Å²) in [5.74, 6) is 0.0505. The van der Waals surface area contributed by atoms with Gasteiger partial charge in [-0.15, -0.1) is 0 Å². The average molecular weight is 326 g/mol. The fourth-order valence-corrected chi connectivity index (χ4v) is 2.07. The molecule has 0 spiro atoms. The van der Waals surface area contributed by atoms with Crippen molar-refractivity contribution in [1.29, 1.82) is 0 Å². The third-order valence-electron chi connectivity index (χ3n) is 2.87. The molecule has 5 nitrogen and oxygen atoms in total. The topological polar surface area (TPSA) is 77.2 Å². The number of benzene rings is 1. The third kappa shape index (κ3) is 3.37. The number of methoxy groups -OCH3 is 1. The number of anilines is 2. The average Bonchev–Trinajstić information content (AvgIpc) is 2.45. The first-order valence-electron chi connectivity index (χ1n) is 5.99. The predicted molar refractivity (Wildman–Crippen MR) is 84.4 cm³/mol. The molecule has 0 aliphatic carbocycles. The molecule has 0 aliphatic rings. The number of rotatable bonds is 3. The van der Waals surface area contributed by atoms with Crippen molar-refractivity contribution in [3.05, 3.63) is 45.7 Å². The van der Waals surface area contributed by atoms with Crippen LogP contribution in [0.5, 0.6) is 5.75 Å². The maximum atomic E-state index is 12.3. The van der Waals surface area contributed by atoms with E-state index in [4.69, 9.17) is 33.7 Å². The number of hydrogen-bond donors (Lipinski definition) is 2. The Morgan fingerprint density at radius 3 is 2.71 bits per heavy atom. The molecule has 0 saturated carbocycles. The lowest BCUT2D eigenvalue weighted by atomic mass is 10.1. The van der Waals surface area contributed by atoms with Gasteiger partial charge in [-0.25, -0.2) is 4.98 Å². The van der Waals surface area contributed by atoms with E-state index >= 15 is 0 Å². The van der Waals surface area contributed by atoms with Gasteiger partial charge < -0.3 is 15.8 Å². The largest absolute Gasteiger partial charge is 0.495 e. The van der Waals surface area contributed by atoms with Crippen molar-refractivity contribution in [2.45, 2.75) is 6.92 Å². The molecule has 0 radical (unpaired) electrons. The lowest BCUT2D eigenvalue weighted by Crippen LogP contribution is -2.15. The minimum Gasteiger partial charge on any atom is -0.495 e. The molecule has 1 aromatic carbocycles. The van der Waals surface area contributed by atoms with Crippen LogP contribution in [0.1, 0.15) is 15.9 Å². The van der Waals surface area contributed by atoms with E-state index in [0.717, 1.165) is 5.56 Å². The molecule has 1 amide bonds. The second-order valence-corrected chi connectivity index (χ2v) is 5.14. The van der Waals surface area contributed by atoms with E-state index in [1.54, 1.807) is 12.1 Å². The predicted octanol–water partition coefficient (Wildman–Crippen LogP) is 3.54. The lowest BCUT2D eigenvalue weighted by Gasteiger charge is -2.13. The molecule has 7 heteroatoms. The number of aryl methyl sites for hydroxylation is 1. The summed E-state index contributed by atoms with van der Waals surface area (Å²) >= 11 is 11.8. The van der Waals surface area contributed by atoms with Gasteiger partial charge in [-0.1, -0.05) is 23.2 Å². The summed E-state index contributed by atoms with van der Waals surface area (Å²) in [6.07, 6.45) is 1.33. The molecule has 21 heavy (non-hydrogen) atoms. The van der Waals surface area contributed by atoms with E-state index in [9.17, 15) is 4.79 Å². The number of amides is 1. The van der Waals surface area contributed by atoms with Crippen LogP contribution in [0.2, 0.25) is 10.2 Å². The Bertz CT molecular complexity index is 705. The fourth-order valence-electron chi connectivity index (χ4n) is 1.76. The number of carbonyl (C=O) groups is 1. The van der Waals surface area contributed by atoms with E-state index in [1.165, 1.54) is 19.4 Å². The molecule has 3 N–H and O–H groups in total. The highest BCUT2D eigenvalue weighted by atomic mass is 35.5. The maximum Gasteiger partial charge on any atom is 0.258 e. The molecular weight excluding hydrogens is 313 g/mol. The van der Waals surface area contributed by atoms with Crippen LogP contribution in [0.15, 0.2) is 24.4 Å². The lowest BCUT2D eigenvalue weighted by molar-refractivity contribution is 0.102. The van der Waals surface area contributed by atoms with E-state index in [-0.39, 0.29) is 16.4 Å². The number of ether oxygens (including phenoxy) is 1. The van der Waals surface area contributed by atoms with Crippen molar-refractivity contribution in [1.82, 2.24) is 4.98 Å². The van der Waals surface area contributed by atoms with E-state index in [2.05, 4.69) is 10.3 Å². The monoisotopic (exact) mass is 325 g/mol. The summed E-state index contributed by atoms with van der Waals surface area (Å²) in [5.41, 5.74) is 7.52. The first-order valence-corrected chi connectivity index (χ1v) is 6.74. The number of pyridine rings is 1. The van der Waals surface area contributed by atoms with Crippen molar-refractivity contribution in [2.24, 2.45) is 0 Å². The molecule has 2 rings (SSSR count). The summed E-state index contributed by atoms with van der Waals surface area (Å²) in [6.45, 7) is 1.83. The molecule has 1 aromatic heterocycles. The van der Waals surface area contributed by atoms with Crippen LogP contribution in [0.25, 0.3) is 0 Å². The molecule has 0 bridgehead atoms. The number of carbonyl (C=O) groups excluding carboxylic acids is 1. The van der Waals surface area contributed by atoms with Gasteiger partial charge in [0, 0.05) is 11.1 Å². The SMILES string of the molecule is COc1cc(Cl)c(C)cc1NC(=O)c1cc(Cl)ncc1N. The summed E-state index contributed by atoms with van der Waals surface area (Å²) < 4.78 is 5.20. The van der Waals surface area contributed by atoms with Crippen LogP contribution in [-0.2, 0) is 0 Å². The highest BCUT2D eigenvalue weighted by Crippen LogP contribution is 2.31. The zero-order chi connectivity index (χ0) is 15.6. The van der Waals surface area contributed by atoms with Crippen molar-refractivity contribution in [2.75, 3.05) is 18.2 Å². The van der Waals surface area contributed by atoms with Gasteiger partial charge in [-0.05, 0) is 24.6 Å². The number of hydrogen-bond acceptors (Lipinski definition) is 4. The van der Waals surface area contributed by atoms with Gasteiger partial charge in [0.1, 0.15) is 10.9 Å². The van der Waals surface area contributed by atoms with Crippen molar-refractivity contribution in [3.8, 4) is 5.75 Å². The van der Waals surface area contributed by atoms with Crippen LogP contribution in [-0.4, -0.2) is 18.0 Å². The smallest absolute Gasteiger partial charge is 0.258 e. The molecule has 0 unspecified atom stereocenters. The third-order valence-corrected chi connectivity index (χ3v) is 3.49. The molecular formula is C14H13Cl2N3O2. The fraction of sp³-hybridized carbons (Fsp3) is 0.143. The molecule has 2 aromatic rings. The summed E-state index contributed by atoms with van der Waals surface area (Å²) in [7, 11) is 1.49. The standard InChI is InChI=1S/C14H13Cl2N3O2/c1-7-3-11(12(21-2)5-9(7)15)19-14(20)8-4-13(16)18-6-10(8)17/h3-6H,17H2,1-2H3,(H,19,20). The second-order valence-electron chi connectivity index (χ2n) is 4.35. The van der Waals surface area contributed by atoms with Gasteiger partial charge in [-0.3, -0.25) is 4.79 Å². The maximum absolute atomic E-state index is 12.3. The van der Waals surface area contributed by atoms with Gasteiger partial charge in [0.05, 0.1) is 30.2 Å². The molecule has 0 aliphatic heterocycles. The van der Waals surface area contributed by atoms with Crippen molar-refractivity contribution >= 4 is 40.5 Å². The van der Waals surface area contributed by atoms with Gasteiger partial charge in [0.25, 0.3) is 5.91 Å². The minimum absolute atomic E-state index is 0.189. The van der Waals surface area contributed by atoms with Gasteiger partial charge in [0.2, 0.25) is 0 Å². The summed E-state index contributed by atoms with van der Waals surface area (Å²) in [4.78, 5) is 16.1. The number of nitrogen functional groups attached to an aromatic ring is 1. The molecule has 1 heterocycles. The summed E-state index contributed by atoms with van der Waals surface area (Å²) in [5, 5.41) is 3.47. The Labute approximate surface area is 132 Å². The quantitative estimate of drug-likeness (QED) is 0.846. The van der Waals surface area contributed by atoms with E-state index in [0.29, 0.717) is 16.5 Å². The second kappa shape index (κ2) is 6.20. The zero-order valence-electron chi connectivity index (χ0n) is 11.4. The van der Waals surface area contributed by atoms with Crippen molar-refractivity contribution in [3.63, 3.8) is 0 Å². The first-order chi connectivity index (χ1) is 9.92. The zero-order valence-corrected chi connectivity index (χ0v) is 12.9. The van der Waals surface area contributed by atoms with Gasteiger partial charge in [0.15, 0.2) is 0 Å².